The van der Waals surface area contributed by atoms with E-state index in [9.17, 15) is 4.79 Å². The number of fused-ring (bicyclic) bond motifs is 1. The van der Waals surface area contributed by atoms with Crippen molar-refractivity contribution >= 4 is 5.91 Å². The molecule has 1 N–H and O–H groups in total. The average molecular weight is 348 g/mol. The molecule has 2 aromatic heterocycles. The number of nitrogens with one attached hydrogen (secondary N) is 1. The van der Waals surface area contributed by atoms with Crippen molar-refractivity contribution in [1.29, 1.82) is 0 Å². The molecule has 0 bridgehead atoms. The molecule has 0 fully saturated rings. The normalized spacial score (nSPS) is 15.4. The van der Waals surface area contributed by atoms with Crippen LogP contribution in [-0.4, -0.2) is 27.3 Å². The summed E-state index contributed by atoms with van der Waals surface area (Å²) in [5, 5.41) is 7.22. The molecule has 0 unspecified atom stereocenters. The zero-order valence-corrected chi connectivity index (χ0v) is 15.0. The van der Waals surface area contributed by atoms with Crippen molar-refractivity contribution in [3.05, 3.63) is 65.2 Å². The van der Waals surface area contributed by atoms with Gasteiger partial charge in [-0.05, 0) is 31.0 Å². The van der Waals surface area contributed by atoms with E-state index in [0.717, 1.165) is 28.0 Å². The van der Waals surface area contributed by atoms with Gasteiger partial charge in [0.2, 0.25) is 0 Å². The third-order valence-electron chi connectivity index (χ3n) is 4.82. The van der Waals surface area contributed by atoms with Crippen LogP contribution in [0.2, 0.25) is 0 Å². The summed E-state index contributed by atoms with van der Waals surface area (Å²) in [5.74, 6) is 0.723. The van der Waals surface area contributed by atoms with Crippen LogP contribution in [0.4, 0.5) is 0 Å². The highest BCUT2D eigenvalue weighted by molar-refractivity contribution is 5.95. The van der Waals surface area contributed by atoms with E-state index in [4.69, 9.17) is 4.74 Å². The van der Waals surface area contributed by atoms with Crippen LogP contribution in [-0.2, 0) is 7.05 Å². The third-order valence-corrected chi connectivity index (χ3v) is 4.82. The highest BCUT2D eigenvalue weighted by Crippen LogP contribution is 2.36. The first-order chi connectivity index (χ1) is 12.5. The fraction of sp³-hybridized carbons (Fsp3) is 0.250. The highest BCUT2D eigenvalue weighted by Gasteiger charge is 2.27. The number of aromatic nitrogens is 3. The average Bonchev–Trinajstić information content (AvgIpc) is 3.25. The number of hydrogen-bond acceptors (Lipinski definition) is 4. The lowest BCUT2D eigenvalue weighted by Gasteiger charge is -2.12. The second-order valence-corrected chi connectivity index (χ2v) is 6.63. The van der Waals surface area contributed by atoms with Crippen LogP contribution in [0.15, 0.2) is 43.0 Å². The maximum absolute atomic E-state index is 12.7. The molecule has 1 atom stereocenters. The Morgan fingerprint density at radius 3 is 2.85 bits per heavy atom. The molecule has 0 saturated carbocycles. The zero-order chi connectivity index (χ0) is 18.3. The standard InChI is InChI=1S/C20H20N4O2/c1-12-4-5-17-18(11-26-19(17)13(12)2)23-20(25)15-6-14(7-21-8-15)16-9-22-24(3)10-16/h4-10,18H,11H2,1-3H3,(H,23,25)/t18-/m1/s1. The summed E-state index contributed by atoms with van der Waals surface area (Å²) in [6.07, 6.45) is 6.95. The van der Waals surface area contributed by atoms with E-state index in [0.29, 0.717) is 12.2 Å². The number of nitrogens with zero attached hydrogens (tertiary/aromatic N) is 3. The number of benzene rings is 1. The summed E-state index contributed by atoms with van der Waals surface area (Å²) in [5.41, 5.74) is 5.64. The van der Waals surface area contributed by atoms with Gasteiger partial charge in [0.15, 0.2) is 0 Å². The molecular weight excluding hydrogens is 328 g/mol. The summed E-state index contributed by atoms with van der Waals surface area (Å²) in [4.78, 5) is 16.9. The largest absolute Gasteiger partial charge is 0.490 e. The topological polar surface area (TPSA) is 69.0 Å². The Hall–Kier alpha value is -3.15. The Morgan fingerprint density at radius 1 is 1.23 bits per heavy atom. The molecule has 0 aliphatic carbocycles. The van der Waals surface area contributed by atoms with Gasteiger partial charge in [-0.3, -0.25) is 14.5 Å². The van der Waals surface area contributed by atoms with Crippen LogP contribution in [0.25, 0.3) is 11.1 Å². The van der Waals surface area contributed by atoms with E-state index in [1.165, 1.54) is 5.56 Å². The summed E-state index contributed by atoms with van der Waals surface area (Å²) in [6, 6.07) is 5.77. The molecule has 1 aliphatic heterocycles. The number of carbonyl (C=O) groups is 1. The summed E-state index contributed by atoms with van der Waals surface area (Å²) in [6.45, 7) is 4.54. The molecule has 6 heteroatoms. The van der Waals surface area contributed by atoms with Crippen LogP contribution >= 0.6 is 0 Å². The SMILES string of the molecule is Cc1ccc2c(c1C)OC[C@H]2NC(=O)c1cncc(-c2cnn(C)c2)c1. The van der Waals surface area contributed by atoms with Crippen molar-refractivity contribution in [2.75, 3.05) is 6.61 Å². The van der Waals surface area contributed by atoms with Gasteiger partial charge in [0, 0.05) is 42.3 Å². The minimum absolute atomic E-state index is 0.154. The van der Waals surface area contributed by atoms with E-state index in [-0.39, 0.29) is 11.9 Å². The molecule has 132 valence electrons. The molecule has 1 amide bonds. The predicted molar refractivity (Wildman–Crippen MR) is 98.1 cm³/mol. The number of hydrogen-bond donors (Lipinski definition) is 1. The Labute approximate surface area is 151 Å². The van der Waals surface area contributed by atoms with Crippen LogP contribution < -0.4 is 10.1 Å². The van der Waals surface area contributed by atoms with Gasteiger partial charge in [-0.1, -0.05) is 12.1 Å². The highest BCUT2D eigenvalue weighted by atomic mass is 16.5. The smallest absolute Gasteiger partial charge is 0.253 e. The quantitative estimate of drug-likeness (QED) is 0.790. The van der Waals surface area contributed by atoms with Gasteiger partial charge in [-0.25, -0.2) is 0 Å². The second kappa shape index (κ2) is 6.29. The second-order valence-electron chi connectivity index (χ2n) is 6.63. The minimum atomic E-state index is -0.164. The number of amides is 1. The van der Waals surface area contributed by atoms with Gasteiger partial charge in [-0.2, -0.15) is 5.10 Å². The molecule has 1 aromatic carbocycles. The minimum Gasteiger partial charge on any atom is -0.490 e. The molecule has 6 nitrogen and oxygen atoms in total. The summed E-state index contributed by atoms with van der Waals surface area (Å²) >= 11 is 0. The van der Waals surface area contributed by atoms with Crippen molar-refractivity contribution in [3.63, 3.8) is 0 Å². The van der Waals surface area contributed by atoms with E-state index < -0.39 is 0 Å². The lowest BCUT2D eigenvalue weighted by atomic mass is 10.0. The van der Waals surface area contributed by atoms with Gasteiger partial charge in [0.1, 0.15) is 12.4 Å². The number of rotatable bonds is 3. The summed E-state index contributed by atoms with van der Waals surface area (Å²) in [7, 11) is 1.86. The maximum Gasteiger partial charge on any atom is 0.253 e. The maximum atomic E-state index is 12.7. The van der Waals surface area contributed by atoms with Crippen molar-refractivity contribution in [2.24, 2.45) is 7.05 Å². The number of pyridine rings is 1. The molecule has 4 rings (SSSR count). The fourth-order valence-electron chi connectivity index (χ4n) is 3.19. The lowest BCUT2D eigenvalue weighted by Crippen LogP contribution is -2.29. The van der Waals surface area contributed by atoms with Crippen LogP contribution in [0.3, 0.4) is 0 Å². The van der Waals surface area contributed by atoms with Crippen molar-refractivity contribution in [3.8, 4) is 16.9 Å². The van der Waals surface area contributed by atoms with E-state index in [2.05, 4.69) is 28.4 Å². The number of aryl methyl sites for hydroxylation is 2. The lowest BCUT2D eigenvalue weighted by molar-refractivity contribution is 0.0930. The molecular formula is C20H20N4O2. The predicted octanol–water partition coefficient (Wildman–Crippen LogP) is 2.96. The van der Waals surface area contributed by atoms with E-state index >= 15 is 0 Å². The first-order valence-electron chi connectivity index (χ1n) is 8.51. The van der Waals surface area contributed by atoms with Gasteiger partial charge >= 0.3 is 0 Å². The molecule has 3 heterocycles. The first-order valence-corrected chi connectivity index (χ1v) is 8.51. The number of carbonyl (C=O) groups excluding carboxylic acids is 1. The molecule has 0 radical (unpaired) electrons. The van der Waals surface area contributed by atoms with Crippen molar-refractivity contribution < 1.29 is 9.53 Å². The van der Waals surface area contributed by atoms with Gasteiger partial charge in [0.25, 0.3) is 5.91 Å². The van der Waals surface area contributed by atoms with Crippen molar-refractivity contribution in [1.82, 2.24) is 20.1 Å². The molecule has 3 aromatic rings. The monoisotopic (exact) mass is 348 g/mol. The fourth-order valence-corrected chi connectivity index (χ4v) is 3.19. The molecule has 0 saturated heterocycles. The molecule has 26 heavy (non-hydrogen) atoms. The third kappa shape index (κ3) is 2.83. The van der Waals surface area contributed by atoms with E-state index in [1.54, 1.807) is 23.3 Å². The van der Waals surface area contributed by atoms with Gasteiger partial charge < -0.3 is 10.1 Å². The Bertz CT molecular complexity index is 993. The van der Waals surface area contributed by atoms with Gasteiger partial charge in [-0.15, -0.1) is 0 Å². The Morgan fingerprint density at radius 2 is 2.08 bits per heavy atom. The number of ether oxygens (including phenoxy) is 1. The zero-order valence-electron chi connectivity index (χ0n) is 15.0. The van der Waals surface area contributed by atoms with Crippen LogP contribution in [0, 0.1) is 13.8 Å². The van der Waals surface area contributed by atoms with Gasteiger partial charge in [0.05, 0.1) is 17.8 Å². The molecule has 0 spiro atoms. The Balaban J connectivity index is 1.56. The van der Waals surface area contributed by atoms with Crippen LogP contribution in [0.5, 0.6) is 5.75 Å². The van der Waals surface area contributed by atoms with Crippen molar-refractivity contribution in [2.45, 2.75) is 19.9 Å². The first kappa shape index (κ1) is 16.3. The van der Waals surface area contributed by atoms with E-state index in [1.807, 2.05) is 32.3 Å². The molecule has 1 aliphatic rings. The van der Waals surface area contributed by atoms with Crippen LogP contribution in [0.1, 0.15) is 33.1 Å². The summed E-state index contributed by atoms with van der Waals surface area (Å²) < 4.78 is 7.54. The Kier molecular flexibility index (Phi) is 3.95.